The Morgan fingerprint density at radius 3 is 2.62 bits per heavy atom. The topological polar surface area (TPSA) is 65.5 Å². The van der Waals surface area contributed by atoms with Crippen molar-refractivity contribution in [2.45, 2.75) is 0 Å². The van der Waals surface area contributed by atoms with Crippen LogP contribution in [0.1, 0.15) is 20.2 Å². The van der Waals surface area contributed by atoms with E-state index in [-0.39, 0.29) is 11.8 Å². The van der Waals surface area contributed by atoms with Gasteiger partial charge in [-0.25, -0.2) is 0 Å². The SMILES string of the molecule is O=C(NCCN1CCN(C(=O)c2cccs2)CC1)c1ccccn1. The van der Waals surface area contributed by atoms with Crippen LogP contribution >= 0.6 is 11.3 Å². The van der Waals surface area contributed by atoms with Crippen LogP contribution in [-0.4, -0.2) is 65.9 Å². The summed E-state index contributed by atoms with van der Waals surface area (Å²) < 4.78 is 0. The molecule has 2 amide bonds. The molecule has 7 heteroatoms. The smallest absolute Gasteiger partial charge is 0.269 e. The summed E-state index contributed by atoms with van der Waals surface area (Å²) in [5.74, 6) is -0.0322. The standard InChI is InChI=1S/C17H20N4O2S/c22-16(14-4-1-2-6-18-14)19-7-8-20-9-11-21(12-10-20)17(23)15-5-3-13-24-15/h1-6,13H,7-12H2,(H,19,22). The van der Waals surface area contributed by atoms with Gasteiger partial charge in [0, 0.05) is 45.5 Å². The lowest BCUT2D eigenvalue weighted by atomic mass is 10.3. The van der Waals surface area contributed by atoms with Crippen molar-refractivity contribution in [2.75, 3.05) is 39.3 Å². The molecule has 1 fully saturated rings. The van der Waals surface area contributed by atoms with Gasteiger partial charge in [0.15, 0.2) is 0 Å². The molecule has 2 aromatic heterocycles. The van der Waals surface area contributed by atoms with Gasteiger partial charge in [0.2, 0.25) is 0 Å². The largest absolute Gasteiger partial charge is 0.349 e. The van der Waals surface area contributed by atoms with Crippen LogP contribution in [0.3, 0.4) is 0 Å². The van der Waals surface area contributed by atoms with Crippen LogP contribution in [0, 0.1) is 0 Å². The molecule has 0 radical (unpaired) electrons. The first-order valence-electron chi connectivity index (χ1n) is 7.98. The molecule has 24 heavy (non-hydrogen) atoms. The third-order valence-corrected chi connectivity index (χ3v) is 4.86. The van der Waals surface area contributed by atoms with Crippen molar-refractivity contribution < 1.29 is 9.59 Å². The molecule has 0 atom stereocenters. The van der Waals surface area contributed by atoms with Crippen LogP contribution in [0.25, 0.3) is 0 Å². The number of hydrogen-bond donors (Lipinski definition) is 1. The summed E-state index contributed by atoms with van der Waals surface area (Å²) in [4.78, 5) is 33.2. The van der Waals surface area contributed by atoms with Crippen LogP contribution in [0.4, 0.5) is 0 Å². The van der Waals surface area contributed by atoms with Gasteiger partial charge in [-0.05, 0) is 23.6 Å². The number of nitrogens with one attached hydrogen (secondary N) is 1. The van der Waals surface area contributed by atoms with Crippen molar-refractivity contribution in [1.29, 1.82) is 0 Å². The molecule has 0 saturated carbocycles. The number of piperazine rings is 1. The van der Waals surface area contributed by atoms with Crippen LogP contribution in [0.5, 0.6) is 0 Å². The minimum atomic E-state index is -0.151. The van der Waals surface area contributed by atoms with Gasteiger partial charge in [-0.2, -0.15) is 0 Å². The van der Waals surface area contributed by atoms with Gasteiger partial charge in [-0.15, -0.1) is 11.3 Å². The molecule has 1 saturated heterocycles. The highest BCUT2D eigenvalue weighted by atomic mass is 32.1. The second-order valence-electron chi connectivity index (χ2n) is 5.58. The number of carbonyl (C=O) groups is 2. The Morgan fingerprint density at radius 2 is 1.96 bits per heavy atom. The highest BCUT2D eigenvalue weighted by Gasteiger charge is 2.22. The van der Waals surface area contributed by atoms with Crippen molar-refractivity contribution in [3.05, 3.63) is 52.5 Å². The number of nitrogens with zero attached hydrogens (tertiary/aromatic N) is 3. The summed E-state index contributed by atoms with van der Waals surface area (Å²) in [7, 11) is 0. The Morgan fingerprint density at radius 1 is 1.12 bits per heavy atom. The molecule has 0 aromatic carbocycles. The molecule has 0 spiro atoms. The molecule has 0 unspecified atom stereocenters. The lowest BCUT2D eigenvalue weighted by Crippen LogP contribution is -2.50. The maximum Gasteiger partial charge on any atom is 0.269 e. The highest BCUT2D eigenvalue weighted by molar-refractivity contribution is 7.12. The maximum absolute atomic E-state index is 12.3. The molecule has 3 rings (SSSR count). The number of carbonyl (C=O) groups excluding carboxylic acids is 2. The van der Waals surface area contributed by atoms with Gasteiger partial charge < -0.3 is 10.2 Å². The summed E-state index contributed by atoms with van der Waals surface area (Å²) in [5, 5.41) is 4.80. The summed E-state index contributed by atoms with van der Waals surface area (Å²) >= 11 is 1.48. The molecule has 0 bridgehead atoms. The monoisotopic (exact) mass is 344 g/mol. The molecular formula is C17H20N4O2S. The van der Waals surface area contributed by atoms with E-state index in [0.717, 1.165) is 37.6 Å². The minimum Gasteiger partial charge on any atom is -0.349 e. The van der Waals surface area contributed by atoms with Crippen molar-refractivity contribution in [3.63, 3.8) is 0 Å². The summed E-state index contributed by atoms with van der Waals surface area (Å²) in [6.45, 7) is 4.47. The van der Waals surface area contributed by atoms with Crippen LogP contribution in [-0.2, 0) is 0 Å². The molecule has 6 nitrogen and oxygen atoms in total. The van der Waals surface area contributed by atoms with Crippen molar-refractivity contribution in [2.24, 2.45) is 0 Å². The average molecular weight is 344 g/mol. The number of amides is 2. The Hall–Kier alpha value is -2.25. The predicted octanol–water partition coefficient (Wildman–Crippen LogP) is 1.33. The summed E-state index contributed by atoms with van der Waals surface area (Å²) in [6.07, 6.45) is 1.61. The second-order valence-corrected chi connectivity index (χ2v) is 6.53. The number of thiophene rings is 1. The molecule has 1 aliphatic heterocycles. The van der Waals surface area contributed by atoms with E-state index in [4.69, 9.17) is 0 Å². The predicted molar refractivity (Wildman–Crippen MR) is 93.2 cm³/mol. The van der Waals surface area contributed by atoms with Crippen LogP contribution in [0.15, 0.2) is 41.9 Å². The van der Waals surface area contributed by atoms with E-state index in [1.807, 2.05) is 22.4 Å². The van der Waals surface area contributed by atoms with E-state index in [9.17, 15) is 9.59 Å². The minimum absolute atomic E-state index is 0.119. The lowest BCUT2D eigenvalue weighted by molar-refractivity contribution is 0.0642. The molecule has 1 aliphatic rings. The van der Waals surface area contributed by atoms with Gasteiger partial charge in [-0.1, -0.05) is 12.1 Å². The maximum atomic E-state index is 12.3. The molecule has 0 aliphatic carbocycles. The highest BCUT2D eigenvalue weighted by Crippen LogP contribution is 2.13. The normalized spacial score (nSPS) is 15.2. The van der Waals surface area contributed by atoms with E-state index in [0.29, 0.717) is 12.2 Å². The third kappa shape index (κ3) is 4.18. The van der Waals surface area contributed by atoms with E-state index >= 15 is 0 Å². The fourth-order valence-electron chi connectivity index (χ4n) is 2.65. The van der Waals surface area contributed by atoms with E-state index in [2.05, 4.69) is 15.2 Å². The van der Waals surface area contributed by atoms with Gasteiger partial charge >= 0.3 is 0 Å². The third-order valence-electron chi connectivity index (χ3n) is 4.00. The number of pyridine rings is 1. The van der Waals surface area contributed by atoms with E-state index in [1.54, 1.807) is 24.4 Å². The fourth-order valence-corrected chi connectivity index (χ4v) is 3.34. The Balaban J connectivity index is 1.38. The number of rotatable bonds is 5. The first kappa shape index (κ1) is 16.6. The molecular weight excluding hydrogens is 324 g/mol. The van der Waals surface area contributed by atoms with Crippen LogP contribution < -0.4 is 5.32 Å². The molecule has 1 N–H and O–H groups in total. The number of aromatic nitrogens is 1. The zero-order chi connectivity index (χ0) is 16.8. The van der Waals surface area contributed by atoms with Crippen molar-refractivity contribution in [3.8, 4) is 0 Å². The first-order chi connectivity index (χ1) is 11.7. The van der Waals surface area contributed by atoms with Crippen LogP contribution in [0.2, 0.25) is 0 Å². The van der Waals surface area contributed by atoms with Gasteiger partial charge in [-0.3, -0.25) is 19.5 Å². The summed E-state index contributed by atoms with van der Waals surface area (Å²) in [6, 6.07) is 9.05. The van der Waals surface area contributed by atoms with Gasteiger partial charge in [0.05, 0.1) is 4.88 Å². The average Bonchev–Trinajstić information content (AvgIpc) is 3.17. The Bertz CT molecular complexity index is 667. The van der Waals surface area contributed by atoms with E-state index in [1.165, 1.54) is 11.3 Å². The molecule has 3 heterocycles. The quantitative estimate of drug-likeness (QED) is 0.889. The van der Waals surface area contributed by atoms with Crippen molar-refractivity contribution >= 4 is 23.2 Å². The fraction of sp³-hybridized carbons (Fsp3) is 0.353. The molecule has 126 valence electrons. The van der Waals surface area contributed by atoms with E-state index < -0.39 is 0 Å². The van der Waals surface area contributed by atoms with Gasteiger partial charge in [0.25, 0.3) is 11.8 Å². The second kappa shape index (κ2) is 8.03. The number of hydrogen-bond acceptors (Lipinski definition) is 5. The first-order valence-corrected chi connectivity index (χ1v) is 8.86. The summed E-state index contributed by atoms with van der Waals surface area (Å²) in [5.41, 5.74) is 0.434. The zero-order valence-corrected chi connectivity index (χ0v) is 14.2. The Labute approximate surface area is 145 Å². The van der Waals surface area contributed by atoms with Crippen molar-refractivity contribution in [1.82, 2.24) is 20.1 Å². The van der Waals surface area contributed by atoms with Gasteiger partial charge in [0.1, 0.15) is 5.69 Å². The zero-order valence-electron chi connectivity index (χ0n) is 13.4. The lowest BCUT2D eigenvalue weighted by Gasteiger charge is -2.34. The Kier molecular flexibility index (Phi) is 5.55. The molecule has 2 aromatic rings.